The second kappa shape index (κ2) is 9.26. The maximum absolute atomic E-state index is 13.7. The molecule has 1 fully saturated rings. The summed E-state index contributed by atoms with van der Waals surface area (Å²) in [5.41, 5.74) is 4.26. The molecule has 32 heavy (non-hydrogen) atoms. The van der Waals surface area contributed by atoms with Crippen LogP contribution in [0.5, 0.6) is 0 Å². The van der Waals surface area contributed by atoms with Gasteiger partial charge in [0.05, 0.1) is 11.1 Å². The van der Waals surface area contributed by atoms with Gasteiger partial charge >= 0.3 is 0 Å². The number of piperazine rings is 1. The van der Waals surface area contributed by atoms with Crippen molar-refractivity contribution in [3.05, 3.63) is 52.1 Å². The molecular weight excluding hydrogens is 409 g/mol. The third-order valence-electron chi connectivity index (χ3n) is 6.29. The normalized spacial score (nSPS) is 18.1. The van der Waals surface area contributed by atoms with Crippen molar-refractivity contribution in [2.75, 3.05) is 51.6 Å². The molecule has 0 aliphatic carbocycles. The fourth-order valence-corrected chi connectivity index (χ4v) is 4.37. The van der Waals surface area contributed by atoms with E-state index >= 15 is 0 Å². The predicted octanol–water partition coefficient (Wildman–Crippen LogP) is 2.63. The van der Waals surface area contributed by atoms with Gasteiger partial charge in [-0.3, -0.25) is 9.59 Å². The molecule has 7 nitrogen and oxygen atoms in total. The molecule has 170 valence electrons. The number of carbonyl (C=O) groups is 2. The molecule has 0 saturated carbocycles. The summed E-state index contributed by atoms with van der Waals surface area (Å²) in [7, 11) is 2.14. The van der Waals surface area contributed by atoms with Gasteiger partial charge in [0, 0.05) is 55.4 Å². The molecule has 8 heteroatoms. The number of H-pyrrole nitrogens is 1. The topological polar surface area (TPSA) is 80.5 Å². The van der Waals surface area contributed by atoms with Crippen molar-refractivity contribution in [1.29, 1.82) is 0 Å². The molecule has 1 aromatic carbocycles. The molecule has 2 aliphatic heterocycles. The van der Waals surface area contributed by atoms with E-state index < -0.39 is 5.82 Å². The Bertz CT molecular complexity index is 1070. The molecule has 0 radical (unpaired) electrons. The summed E-state index contributed by atoms with van der Waals surface area (Å²) in [4.78, 5) is 33.2. The summed E-state index contributed by atoms with van der Waals surface area (Å²) in [6.07, 6.45) is 2.59. The predicted molar refractivity (Wildman–Crippen MR) is 124 cm³/mol. The van der Waals surface area contributed by atoms with Crippen molar-refractivity contribution in [2.24, 2.45) is 0 Å². The average Bonchev–Trinajstić information content (AvgIpc) is 3.21. The van der Waals surface area contributed by atoms with Crippen LogP contribution in [0.2, 0.25) is 0 Å². The fourth-order valence-electron chi connectivity index (χ4n) is 4.37. The molecule has 0 unspecified atom stereocenters. The lowest BCUT2D eigenvalue weighted by atomic mass is 10.0. The number of amides is 2. The number of halogens is 1. The zero-order valence-electron chi connectivity index (χ0n) is 18.8. The highest BCUT2D eigenvalue weighted by Crippen LogP contribution is 2.34. The average molecular weight is 440 g/mol. The fraction of sp³-hybridized carbons (Fsp3) is 0.417. The quantitative estimate of drug-likeness (QED) is 0.478. The van der Waals surface area contributed by atoms with Crippen molar-refractivity contribution in [3.63, 3.8) is 0 Å². The summed E-state index contributed by atoms with van der Waals surface area (Å²) in [6.45, 7) is 9.59. The van der Waals surface area contributed by atoms with Gasteiger partial charge in [0.1, 0.15) is 5.82 Å². The Labute approximate surface area is 187 Å². The Balaban J connectivity index is 1.42. The van der Waals surface area contributed by atoms with Crippen LogP contribution >= 0.6 is 0 Å². The summed E-state index contributed by atoms with van der Waals surface area (Å²) in [5.74, 6) is -0.809. The zero-order valence-corrected chi connectivity index (χ0v) is 18.8. The van der Waals surface area contributed by atoms with E-state index in [4.69, 9.17) is 0 Å². The van der Waals surface area contributed by atoms with Gasteiger partial charge in [0.25, 0.3) is 11.8 Å². The molecular formula is C24H30FN5O2. The first-order valence-corrected chi connectivity index (χ1v) is 11.0. The summed E-state index contributed by atoms with van der Waals surface area (Å²) < 4.78 is 13.7. The molecule has 0 spiro atoms. The lowest BCUT2D eigenvalue weighted by Gasteiger charge is -2.32. The smallest absolute Gasteiger partial charge is 0.256 e. The van der Waals surface area contributed by atoms with Gasteiger partial charge < -0.3 is 25.4 Å². The van der Waals surface area contributed by atoms with Crippen LogP contribution in [-0.2, 0) is 4.79 Å². The Hall–Kier alpha value is -2.97. The van der Waals surface area contributed by atoms with E-state index in [1.165, 1.54) is 12.1 Å². The number of rotatable bonds is 6. The second-order valence-corrected chi connectivity index (χ2v) is 8.62. The number of aryl methyl sites for hydroxylation is 1. The van der Waals surface area contributed by atoms with Gasteiger partial charge in [-0.1, -0.05) is 0 Å². The number of aromatic nitrogens is 1. The molecule has 3 heterocycles. The van der Waals surface area contributed by atoms with E-state index in [1.54, 1.807) is 12.1 Å². The van der Waals surface area contributed by atoms with Gasteiger partial charge in [0.2, 0.25) is 0 Å². The number of likely N-dealkylation sites (N-methyl/N-ethyl adjacent to an activating group) is 1. The number of hydrogen-bond acceptors (Lipinski definition) is 4. The minimum atomic E-state index is -0.401. The van der Waals surface area contributed by atoms with E-state index in [2.05, 4.69) is 32.5 Å². The number of nitrogens with one attached hydrogen (secondary N) is 3. The number of nitrogens with zero attached hydrogens (tertiary/aromatic N) is 2. The number of anilines is 1. The first-order valence-electron chi connectivity index (χ1n) is 11.0. The van der Waals surface area contributed by atoms with Crippen molar-refractivity contribution >= 4 is 29.2 Å². The van der Waals surface area contributed by atoms with Crippen molar-refractivity contribution in [2.45, 2.75) is 20.3 Å². The van der Waals surface area contributed by atoms with Crippen LogP contribution in [0.15, 0.2) is 18.2 Å². The largest absolute Gasteiger partial charge is 0.358 e. The monoisotopic (exact) mass is 439 g/mol. The molecule has 0 bridgehead atoms. The Morgan fingerprint density at radius 3 is 2.72 bits per heavy atom. The zero-order chi connectivity index (χ0) is 22.8. The Kier molecular flexibility index (Phi) is 6.43. The second-order valence-electron chi connectivity index (χ2n) is 8.62. The van der Waals surface area contributed by atoms with Crippen LogP contribution in [-0.4, -0.2) is 72.9 Å². The SMILES string of the molecule is Cc1[nH]c(C=C2C(=O)Nc3ccc(F)cc32)c(C)c1C(=O)NCCCN1CCN(C)CC1. The summed E-state index contributed by atoms with van der Waals surface area (Å²) in [6, 6.07) is 4.22. The molecule has 3 N–H and O–H groups in total. The molecule has 1 saturated heterocycles. The first kappa shape index (κ1) is 22.2. The molecule has 2 amide bonds. The van der Waals surface area contributed by atoms with Gasteiger partial charge in [0.15, 0.2) is 0 Å². The third-order valence-corrected chi connectivity index (χ3v) is 6.29. The molecule has 2 aromatic rings. The van der Waals surface area contributed by atoms with Crippen LogP contribution in [0.3, 0.4) is 0 Å². The van der Waals surface area contributed by atoms with Crippen LogP contribution in [0, 0.1) is 19.7 Å². The third kappa shape index (κ3) is 4.61. The number of benzene rings is 1. The van der Waals surface area contributed by atoms with Gasteiger partial charge in [-0.25, -0.2) is 4.39 Å². The molecule has 4 rings (SSSR count). The van der Waals surface area contributed by atoms with Gasteiger partial charge in [-0.2, -0.15) is 0 Å². The van der Waals surface area contributed by atoms with E-state index in [0.29, 0.717) is 34.6 Å². The molecule has 0 atom stereocenters. The highest BCUT2D eigenvalue weighted by molar-refractivity contribution is 6.34. The lowest BCUT2D eigenvalue weighted by Crippen LogP contribution is -2.45. The van der Waals surface area contributed by atoms with E-state index in [1.807, 2.05) is 13.8 Å². The standard InChI is InChI=1S/C24H30FN5O2/c1-15-21(14-19-18-13-17(25)5-6-20(18)28-23(19)31)27-16(2)22(15)24(32)26-7-4-8-30-11-9-29(3)10-12-30/h5-6,13-14,27H,4,7-12H2,1-3H3,(H,26,32)(H,28,31). The Morgan fingerprint density at radius 1 is 1.22 bits per heavy atom. The number of hydrogen-bond donors (Lipinski definition) is 3. The minimum absolute atomic E-state index is 0.124. The van der Waals surface area contributed by atoms with Gasteiger partial charge in [-0.15, -0.1) is 0 Å². The van der Waals surface area contributed by atoms with Crippen molar-refractivity contribution in [3.8, 4) is 0 Å². The van der Waals surface area contributed by atoms with Gasteiger partial charge in [-0.05, 0) is 63.7 Å². The van der Waals surface area contributed by atoms with Crippen LogP contribution < -0.4 is 10.6 Å². The molecule has 1 aromatic heterocycles. The summed E-state index contributed by atoms with van der Waals surface area (Å²) >= 11 is 0. The maximum atomic E-state index is 13.7. The van der Waals surface area contributed by atoms with E-state index in [9.17, 15) is 14.0 Å². The number of aromatic amines is 1. The lowest BCUT2D eigenvalue weighted by molar-refractivity contribution is -0.110. The van der Waals surface area contributed by atoms with Crippen LogP contribution in [0.25, 0.3) is 11.6 Å². The number of carbonyl (C=O) groups excluding carboxylic acids is 2. The van der Waals surface area contributed by atoms with E-state index in [0.717, 1.165) is 50.4 Å². The van der Waals surface area contributed by atoms with Crippen LogP contribution in [0.1, 0.15) is 39.3 Å². The number of fused-ring (bicyclic) bond motifs is 1. The van der Waals surface area contributed by atoms with E-state index in [-0.39, 0.29) is 11.8 Å². The van der Waals surface area contributed by atoms with Crippen molar-refractivity contribution < 1.29 is 14.0 Å². The molecule has 2 aliphatic rings. The first-order chi connectivity index (χ1) is 15.3. The highest BCUT2D eigenvalue weighted by atomic mass is 19.1. The Morgan fingerprint density at radius 2 is 1.97 bits per heavy atom. The highest BCUT2D eigenvalue weighted by Gasteiger charge is 2.26. The van der Waals surface area contributed by atoms with Crippen LogP contribution in [0.4, 0.5) is 10.1 Å². The summed E-state index contributed by atoms with van der Waals surface area (Å²) in [5, 5.41) is 5.77. The maximum Gasteiger partial charge on any atom is 0.256 e. The minimum Gasteiger partial charge on any atom is -0.358 e. The van der Waals surface area contributed by atoms with Crippen molar-refractivity contribution in [1.82, 2.24) is 20.1 Å².